The third-order valence-electron chi connectivity index (χ3n) is 5.54. The van der Waals surface area contributed by atoms with Crippen molar-refractivity contribution in [3.63, 3.8) is 0 Å². The SMILES string of the molecule is COc1ccc(-c2ccccc2-c2csc(CNC(=O)[C@@H](CC(=O)O)Cc3ccccc3)n2)cn1. The lowest BCUT2D eigenvalue weighted by molar-refractivity contribution is -0.141. The van der Waals surface area contributed by atoms with E-state index in [0.29, 0.717) is 12.3 Å². The molecule has 8 heteroatoms. The van der Waals surface area contributed by atoms with Gasteiger partial charge in [-0.1, -0.05) is 54.6 Å². The van der Waals surface area contributed by atoms with Crippen LogP contribution in [-0.2, 0) is 22.6 Å². The van der Waals surface area contributed by atoms with E-state index in [2.05, 4.69) is 10.3 Å². The lowest BCUT2D eigenvalue weighted by Crippen LogP contribution is -2.33. The predicted molar refractivity (Wildman–Crippen MR) is 135 cm³/mol. The van der Waals surface area contributed by atoms with Crippen molar-refractivity contribution in [2.45, 2.75) is 19.4 Å². The summed E-state index contributed by atoms with van der Waals surface area (Å²) >= 11 is 1.45. The highest BCUT2D eigenvalue weighted by atomic mass is 32.1. The molecule has 0 aliphatic rings. The van der Waals surface area contributed by atoms with Crippen LogP contribution in [0, 0.1) is 5.92 Å². The van der Waals surface area contributed by atoms with E-state index in [0.717, 1.165) is 33.0 Å². The fourth-order valence-electron chi connectivity index (χ4n) is 3.81. The summed E-state index contributed by atoms with van der Waals surface area (Å²) in [4.78, 5) is 33.2. The number of pyridine rings is 1. The number of benzene rings is 2. The Kier molecular flexibility index (Phi) is 7.84. The molecule has 2 heterocycles. The molecule has 178 valence electrons. The highest BCUT2D eigenvalue weighted by Crippen LogP contribution is 2.32. The molecule has 0 radical (unpaired) electrons. The summed E-state index contributed by atoms with van der Waals surface area (Å²) in [6, 6.07) is 21.1. The van der Waals surface area contributed by atoms with Crippen LogP contribution in [0.4, 0.5) is 0 Å². The average Bonchev–Trinajstić information content (AvgIpc) is 3.36. The molecule has 4 aromatic rings. The Labute approximate surface area is 207 Å². The van der Waals surface area contributed by atoms with Crippen molar-refractivity contribution in [3.8, 4) is 28.3 Å². The maximum absolute atomic E-state index is 12.8. The summed E-state index contributed by atoms with van der Waals surface area (Å²) in [7, 11) is 1.58. The number of nitrogens with zero attached hydrogens (tertiary/aromatic N) is 2. The van der Waals surface area contributed by atoms with Crippen LogP contribution in [0.15, 0.2) is 78.3 Å². The molecule has 7 nitrogen and oxygen atoms in total. The number of amides is 1. The fraction of sp³-hybridized carbons (Fsp3) is 0.185. The maximum atomic E-state index is 12.8. The summed E-state index contributed by atoms with van der Waals surface area (Å²) in [5, 5.41) is 14.8. The first-order valence-corrected chi connectivity index (χ1v) is 12.0. The van der Waals surface area contributed by atoms with Crippen LogP contribution < -0.4 is 10.1 Å². The van der Waals surface area contributed by atoms with Crippen molar-refractivity contribution >= 4 is 23.2 Å². The number of nitrogens with one attached hydrogen (secondary N) is 1. The first-order valence-electron chi connectivity index (χ1n) is 11.1. The number of methoxy groups -OCH3 is 1. The zero-order valence-corrected chi connectivity index (χ0v) is 20.0. The molecule has 4 rings (SSSR count). The normalized spacial score (nSPS) is 11.6. The van der Waals surface area contributed by atoms with E-state index >= 15 is 0 Å². The second kappa shape index (κ2) is 11.4. The molecule has 0 aliphatic heterocycles. The Hall–Kier alpha value is -4.04. The number of ether oxygens (including phenoxy) is 1. The smallest absolute Gasteiger partial charge is 0.304 e. The van der Waals surface area contributed by atoms with Gasteiger partial charge in [-0.2, -0.15) is 0 Å². The minimum absolute atomic E-state index is 0.229. The van der Waals surface area contributed by atoms with Crippen LogP contribution in [-0.4, -0.2) is 34.1 Å². The predicted octanol–water partition coefficient (Wildman–Crippen LogP) is 4.83. The van der Waals surface area contributed by atoms with Crippen LogP contribution in [0.2, 0.25) is 0 Å². The monoisotopic (exact) mass is 487 g/mol. The van der Waals surface area contributed by atoms with Gasteiger partial charge < -0.3 is 15.2 Å². The number of hydrogen-bond acceptors (Lipinski definition) is 6. The van der Waals surface area contributed by atoms with Crippen molar-refractivity contribution in [2.75, 3.05) is 7.11 Å². The minimum Gasteiger partial charge on any atom is -0.481 e. The van der Waals surface area contributed by atoms with Gasteiger partial charge in [-0.15, -0.1) is 11.3 Å². The maximum Gasteiger partial charge on any atom is 0.304 e. The van der Waals surface area contributed by atoms with Gasteiger partial charge in [0, 0.05) is 28.8 Å². The van der Waals surface area contributed by atoms with Crippen LogP contribution in [0.25, 0.3) is 22.4 Å². The summed E-state index contributed by atoms with van der Waals surface area (Å²) in [5.74, 6) is -1.40. The summed E-state index contributed by atoms with van der Waals surface area (Å²) in [5.41, 5.74) is 4.63. The number of aliphatic carboxylic acids is 1. The molecule has 0 aliphatic carbocycles. The van der Waals surface area contributed by atoms with E-state index in [9.17, 15) is 14.7 Å². The Balaban J connectivity index is 1.46. The zero-order chi connectivity index (χ0) is 24.6. The number of hydrogen-bond donors (Lipinski definition) is 2. The Morgan fingerprint density at radius 1 is 1.03 bits per heavy atom. The number of thiazole rings is 1. The largest absolute Gasteiger partial charge is 0.481 e. The molecule has 0 saturated carbocycles. The highest BCUT2D eigenvalue weighted by Gasteiger charge is 2.22. The van der Waals surface area contributed by atoms with E-state index in [-0.39, 0.29) is 18.9 Å². The Morgan fingerprint density at radius 3 is 2.46 bits per heavy atom. The van der Waals surface area contributed by atoms with E-state index in [1.54, 1.807) is 13.3 Å². The van der Waals surface area contributed by atoms with Gasteiger partial charge >= 0.3 is 5.97 Å². The lowest BCUT2D eigenvalue weighted by atomic mass is 9.95. The fourth-order valence-corrected chi connectivity index (χ4v) is 4.54. The van der Waals surface area contributed by atoms with Crippen molar-refractivity contribution in [1.82, 2.24) is 15.3 Å². The number of rotatable bonds is 10. The number of aromatic nitrogens is 2. The number of carbonyl (C=O) groups excluding carboxylic acids is 1. The Morgan fingerprint density at radius 2 is 1.77 bits per heavy atom. The van der Waals surface area contributed by atoms with Gasteiger partial charge in [-0.05, 0) is 23.6 Å². The second-order valence-corrected chi connectivity index (χ2v) is 8.91. The van der Waals surface area contributed by atoms with Crippen molar-refractivity contribution in [3.05, 3.63) is 88.9 Å². The average molecular weight is 488 g/mol. The first-order chi connectivity index (χ1) is 17.0. The molecule has 2 aromatic carbocycles. The first kappa shape index (κ1) is 24.1. The van der Waals surface area contributed by atoms with Crippen LogP contribution in [0.5, 0.6) is 5.88 Å². The lowest BCUT2D eigenvalue weighted by Gasteiger charge is -2.14. The van der Waals surface area contributed by atoms with Crippen molar-refractivity contribution < 1.29 is 19.4 Å². The molecule has 0 unspecified atom stereocenters. The molecule has 2 aromatic heterocycles. The van der Waals surface area contributed by atoms with Crippen molar-refractivity contribution in [1.29, 1.82) is 0 Å². The van der Waals surface area contributed by atoms with E-state index in [1.165, 1.54) is 11.3 Å². The third-order valence-corrected chi connectivity index (χ3v) is 6.39. The van der Waals surface area contributed by atoms with E-state index < -0.39 is 11.9 Å². The van der Waals surface area contributed by atoms with Gasteiger partial charge in [0.25, 0.3) is 0 Å². The van der Waals surface area contributed by atoms with Crippen molar-refractivity contribution in [2.24, 2.45) is 5.92 Å². The third kappa shape index (κ3) is 6.30. The molecule has 0 fully saturated rings. The van der Waals surface area contributed by atoms with Gasteiger partial charge in [0.05, 0.1) is 31.7 Å². The number of carboxylic acid groups (broad SMARTS) is 1. The molecular formula is C27H25N3O4S. The quantitative estimate of drug-likeness (QED) is 0.332. The van der Waals surface area contributed by atoms with Gasteiger partial charge in [0.15, 0.2) is 0 Å². The Bertz CT molecular complexity index is 1290. The van der Waals surface area contributed by atoms with E-state index in [1.807, 2.05) is 72.1 Å². The molecule has 2 N–H and O–H groups in total. The minimum atomic E-state index is -0.998. The standard InChI is InChI=1S/C27H25N3O4S/c1-34-24-12-11-19(15-28-24)21-9-5-6-10-22(21)23-17-35-25(30-23)16-29-27(33)20(14-26(31)32)13-18-7-3-2-4-8-18/h2-12,15,17,20H,13-14,16H2,1H3,(H,29,33)(H,31,32)/t20-/m1/s1. The molecule has 1 amide bonds. The highest BCUT2D eigenvalue weighted by molar-refractivity contribution is 7.09. The molecule has 1 atom stereocenters. The summed E-state index contributed by atoms with van der Waals surface area (Å²) < 4.78 is 5.15. The van der Waals surface area contributed by atoms with Gasteiger partial charge in [-0.25, -0.2) is 9.97 Å². The van der Waals surface area contributed by atoms with Gasteiger partial charge in [0.1, 0.15) is 5.01 Å². The molecule has 0 spiro atoms. The number of carboxylic acids is 1. The summed E-state index contributed by atoms with van der Waals surface area (Å²) in [6.45, 7) is 0.237. The number of carbonyl (C=O) groups is 2. The van der Waals surface area contributed by atoms with E-state index in [4.69, 9.17) is 9.72 Å². The molecule has 35 heavy (non-hydrogen) atoms. The summed E-state index contributed by atoms with van der Waals surface area (Å²) in [6.07, 6.45) is 1.90. The molecular weight excluding hydrogens is 462 g/mol. The molecule has 0 saturated heterocycles. The molecule has 0 bridgehead atoms. The topological polar surface area (TPSA) is 101 Å². The van der Waals surface area contributed by atoms with Gasteiger partial charge in [0.2, 0.25) is 11.8 Å². The van der Waals surface area contributed by atoms with Crippen LogP contribution >= 0.6 is 11.3 Å². The van der Waals surface area contributed by atoms with Gasteiger partial charge in [-0.3, -0.25) is 9.59 Å². The van der Waals surface area contributed by atoms with Crippen LogP contribution in [0.3, 0.4) is 0 Å². The van der Waals surface area contributed by atoms with Crippen LogP contribution in [0.1, 0.15) is 17.0 Å². The zero-order valence-electron chi connectivity index (χ0n) is 19.2. The second-order valence-electron chi connectivity index (χ2n) is 7.96.